The summed E-state index contributed by atoms with van der Waals surface area (Å²) in [7, 11) is 0. The standard InChI is InChI=1S/C12H19NO2S/c1-2-12-8-13(5-6-16-12)7-10-3-4-11(9-14)15-10/h3-4,12,14H,2,5-9H2,1H3. The lowest BCUT2D eigenvalue weighted by atomic mass is 10.3. The van der Waals surface area contributed by atoms with Gasteiger partial charge in [0.2, 0.25) is 0 Å². The molecule has 0 radical (unpaired) electrons. The van der Waals surface area contributed by atoms with Crippen LogP contribution in [0.25, 0.3) is 0 Å². The lowest BCUT2D eigenvalue weighted by Gasteiger charge is -2.31. The Hall–Kier alpha value is -0.450. The summed E-state index contributed by atoms with van der Waals surface area (Å²) in [5, 5.41) is 9.69. The van der Waals surface area contributed by atoms with Crippen LogP contribution < -0.4 is 0 Å². The summed E-state index contributed by atoms with van der Waals surface area (Å²) in [5.41, 5.74) is 0. The number of rotatable bonds is 4. The summed E-state index contributed by atoms with van der Waals surface area (Å²) >= 11 is 2.07. The van der Waals surface area contributed by atoms with Crippen molar-refractivity contribution in [2.75, 3.05) is 18.8 Å². The summed E-state index contributed by atoms with van der Waals surface area (Å²) in [5.74, 6) is 2.84. The van der Waals surface area contributed by atoms with E-state index in [9.17, 15) is 0 Å². The Kier molecular flexibility index (Phi) is 4.32. The predicted octanol–water partition coefficient (Wildman–Crippen LogP) is 2.10. The second-order valence-corrected chi connectivity index (χ2v) is 5.57. The number of hydrogen-bond acceptors (Lipinski definition) is 4. The van der Waals surface area contributed by atoms with Crippen LogP contribution in [0.4, 0.5) is 0 Å². The first-order valence-electron chi connectivity index (χ1n) is 5.84. The third-order valence-electron chi connectivity index (χ3n) is 2.93. The molecule has 1 aromatic rings. The number of hydrogen-bond donors (Lipinski definition) is 1. The first-order chi connectivity index (χ1) is 7.81. The predicted molar refractivity (Wildman–Crippen MR) is 66.4 cm³/mol. The van der Waals surface area contributed by atoms with Crippen LogP contribution in [0.2, 0.25) is 0 Å². The number of aliphatic hydroxyl groups excluding tert-OH is 1. The van der Waals surface area contributed by atoms with Crippen molar-refractivity contribution in [3.05, 3.63) is 23.7 Å². The molecule has 1 fully saturated rings. The summed E-state index contributed by atoms with van der Waals surface area (Å²) in [6.07, 6.45) is 1.24. The van der Waals surface area contributed by atoms with Crippen LogP contribution in [0.3, 0.4) is 0 Å². The van der Waals surface area contributed by atoms with Crippen LogP contribution in [-0.2, 0) is 13.2 Å². The third kappa shape index (κ3) is 3.03. The van der Waals surface area contributed by atoms with Gasteiger partial charge in [-0.05, 0) is 18.6 Å². The molecule has 2 rings (SSSR count). The average molecular weight is 241 g/mol. The highest BCUT2D eigenvalue weighted by Gasteiger charge is 2.19. The van der Waals surface area contributed by atoms with Gasteiger partial charge in [-0.3, -0.25) is 4.90 Å². The van der Waals surface area contributed by atoms with Crippen molar-refractivity contribution >= 4 is 11.8 Å². The van der Waals surface area contributed by atoms with E-state index in [1.165, 1.54) is 12.2 Å². The van der Waals surface area contributed by atoms with Crippen LogP contribution in [-0.4, -0.2) is 34.1 Å². The van der Waals surface area contributed by atoms with Gasteiger partial charge in [-0.1, -0.05) is 6.92 Å². The van der Waals surface area contributed by atoms with Gasteiger partial charge in [0.05, 0.1) is 6.54 Å². The molecule has 4 heteroatoms. The normalized spacial score (nSPS) is 22.5. The van der Waals surface area contributed by atoms with E-state index in [0.717, 1.165) is 30.6 Å². The molecule has 3 nitrogen and oxygen atoms in total. The van der Waals surface area contributed by atoms with E-state index < -0.39 is 0 Å². The van der Waals surface area contributed by atoms with Crippen molar-refractivity contribution in [3.63, 3.8) is 0 Å². The minimum absolute atomic E-state index is 0.00651. The monoisotopic (exact) mass is 241 g/mol. The number of nitrogens with zero attached hydrogens (tertiary/aromatic N) is 1. The molecule has 1 aromatic heterocycles. The van der Waals surface area contributed by atoms with Gasteiger partial charge in [0.15, 0.2) is 0 Å². The van der Waals surface area contributed by atoms with Crippen LogP contribution in [0.1, 0.15) is 24.9 Å². The van der Waals surface area contributed by atoms with E-state index in [4.69, 9.17) is 9.52 Å². The van der Waals surface area contributed by atoms with Crippen molar-refractivity contribution in [2.45, 2.75) is 31.7 Å². The zero-order valence-electron chi connectivity index (χ0n) is 9.69. The Morgan fingerprint density at radius 3 is 3.00 bits per heavy atom. The summed E-state index contributed by atoms with van der Waals surface area (Å²) < 4.78 is 5.51. The first-order valence-corrected chi connectivity index (χ1v) is 6.89. The average Bonchev–Trinajstić information content (AvgIpc) is 2.77. The Morgan fingerprint density at radius 1 is 1.50 bits per heavy atom. The SMILES string of the molecule is CCC1CN(Cc2ccc(CO)o2)CCS1. The molecule has 0 aliphatic carbocycles. The van der Waals surface area contributed by atoms with Gasteiger partial charge in [0.1, 0.15) is 18.1 Å². The maximum absolute atomic E-state index is 8.93. The highest BCUT2D eigenvalue weighted by Crippen LogP contribution is 2.22. The Balaban J connectivity index is 1.88. The largest absolute Gasteiger partial charge is 0.462 e. The number of thioether (sulfide) groups is 1. The topological polar surface area (TPSA) is 36.6 Å². The molecule has 1 aliphatic rings. The molecule has 1 atom stereocenters. The molecular weight excluding hydrogens is 222 g/mol. The van der Waals surface area contributed by atoms with Gasteiger partial charge in [-0.25, -0.2) is 0 Å². The second-order valence-electron chi connectivity index (χ2n) is 4.16. The van der Waals surface area contributed by atoms with Crippen molar-refractivity contribution in [3.8, 4) is 0 Å². The summed E-state index contributed by atoms with van der Waals surface area (Å²) in [6, 6.07) is 3.82. The fraction of sp³-hybridized carbons (Fsp3) is 0.667. The molecule has 0 saturated carbocycles. The molecule has 0 aromatic carbocycles. The van der Waals surface area contributed by atoms with Crippen LogP contribution >= 0.6 is 11.8 Å². The van der Waals surface area contributed by atoms with Gasteiger partial charge < -0.3 is 9.52 Å². The zero-order valence-corrected chi connectivity index (χ0v) is 10.5. The summed E-state index contributed by atoms with van der Waals surface area (Å²) in [4.78, 5) is 2.44. The van der Waals surface area contributed by atoms with E-state index in [0.29, 0.717) is 5.76 Å². The molecule has 0 spiro atoms. The van der Waals surface area contributed by atoms with E-state index in [1.54, 1.807) is 0 Å². The van der Waals surface area contributed by atoms with Gasteiger partial charge in [-0.15, -0.1) is 0 Å². The van der Waals surface area contributed by atoms with E-state index in [2.05, 4.69) is 23.6 Å². The molecule has 2 heterocycles. The van der Waals surface area contributed by atoms with E-state index in [-0.39, 0.29) is 6.61 Å². The van der Waals surface area contributed by atoms with Crippen LogP contribution in [0.5, 0.6) is 0 Å². The van der Waals surface area contributed by atoms with Crippen molar-refractivity contribution in [1.29, 1.82) is 0 Å². The third-order valence-corrected chi connectivity index (χ3v) is 4.30. The van der Waals surface area contributed by atoms with Crippen LogP contribution in [0.15, 0.2) is 16.5 Å². The van der Waals surface area contributed by atoms with Gasteiger partial charge in [0, 0.05) is 24.1 Å². The van der Waals surface area contributed by atoms with Crippen molar-refractivity contribution in [1.82, 2.24) is 4.90 Å². The van der Waals surface area contributed by atoms with Gasteiger partial charge >= 0.3 is 0 Å². The molecule has 1 unspecified atom stereocenters. The zero-order chi connectivity index (χ0) is 11.4. The van der Waals surface area contributed by atoms with Crippen molar-refractivity contribution < 1.29 is 9.52 Å². The quantitative estimate of drug-likeness (QED) is 0.876. The Labute approximate surface area is 101 Å². The van der Waals surface area contributed by atoms with Gasteiger partial charge in [0.25, 0.3) is 0 Å². The maximum atomic E-state index is 8.93. The Morgan fingerprint density at radius 2 is 2.31 bits per heavy atom. The lowest BCUT2D eigenvalue weighted by Crippen LogP contribution is -2.36. The minimum Gasteiger partial charge on any atom is -0.462 e. The first kappa shape index (κ1) is 12.0. The molecule has 90 valence electrons. The highest BCUT2D eigenvalue weighted by atomic mass is 32.2. The van der Waals surface area contributed by atoms with Crippen LogP contribution in [0, 0.1) is 0 Å². The summed E-state index contributed by atoms with van der Waals surface area (Å²) in [6.45, 7) is 5.40. The minimum atomic E-state index is -0.00651. The second kappa shape index (κ2) is 5.75. The fourth-order valence-electron chi connectivity index (χ4n) is 1.98. The lowest BCUT2D eigenvalue weighted by molar-refractivity contribution is 0.221. The molecule has 0 amide bonds. The number of furan rings is 1. The van der Waals surface area contributed by atoms with E-state index in [1.807, 2.05) is 12.1 Å². The molecule has 0 bridgehead atoms. The molecule has 1 saturated heterocycles. The fourth-order valence-corrected chi connectivity index (χ4v) is 3.23. The smallest absolute Gasteiger partial charge is 0.129 e. The molecule has 1 aliphatic heterocycles. The molecule has 1 N–H and O–H groups in total. The van der Waals surface area contributed by atoms with Crippen molar-refractivity contribution in [2.24, 2.45) is 0 Å². The highest BCUT2D eigenvalue weighted by molar-refractivity contribution is 8.00. The number of aliphatic hydroxyl groups is 1. The van der Waals surface area contributed by atoms with Gasteiger partial charge in [-0.2, -0.15) is 11.8 Å². The maximum Gasteiger partial charge on any atom is 0.129 e. The molecular formula is C12H19NO2S. The Bertz CT molecular complexity index is 327. The molecule has 16 heavy (non-hydrogen) atoms. The van der Waals surface area contributed by atoms with E-state index >= 15 is 0 Å².